The number of amides is 3. The van der Waals surface area contributed by atoms with Gasteiger partial charge in [-0.15, -0.1) is 0 Å². The highest BCUT2D eigenvalue weighted by Gasteiger charge is 2.34. The highest BCUT2D eigenvalue weighted by Crippen LogP contribution is 2.31. The molecule has 136 valence electrons. The maximum Gasteiger partial charge on any atom is 0.317 e. The number of carbonyl (C=O) groups is 2. The molecule has 0 atom stereocenters. The van der Waals surface area contributed by atoms with Crippen LogP contribution in [0.5, 0.6) is 0 Å². The number of nitrogens with one attached hydrogen (secondary N) is 1. The minimum atomic E-state index is -0.0441. The van der Waals surface area contributed by atoms with Crippen molar-refractivity contribution < 1.29 is 9.59 Å². The van der Waals surface area contributed by atoms with Crippen LogP contribution in [0, 0.1) is 5.92 Å². The van der Waals surface area contributed by atoms with Crippen LogP contribution < -0.4 is 10.2 Å². The van der Waals surface area contributed by atoms with Crippen molar-refractivity contribution in [2.45, 2.75) is 25.8 Å². The molecule has 3 rings (SSSR count). The van der Waals surface area contributed by atoms with E-state index in [0.717, 1.165) is 37.1 Å². The molecule has 25 heavy (non-hydrogen) atoms. The average Bonchev–Trinajstić information content (AvgIpc) is 3.45. The molecule has 1 aliphatic carbocycles. The fraction of sp³-hybridized carbons (Fsp3) is 0.579. The van der Waals surface area contributed by atoms with E-state index in [1.54, 1.807) is 0 Å². The molecule has 1 heterocycles. The second-order valence-corrected chi connectivity index (χ2v) is 7.16. The second kappa shape index (κ2) is 7.76. The van der Waals surface area contributed by atoms with E-state index >= 15 is 0 Å². The summed E-state index contributed by atoms with van der Waals surface area (Å²) in [6.07, 6.45) is 2.92. The summed E-state index contributed by atoms with van der Waals surface area (Å²) < 4.78 is 0. The molecule has 1 saturated carbocycles. The van der Waals surface area contributed by atoms with Crippen LogP contribution >= 0.6 is 0 Å². The molecule has 0 spiro atoms. The Kier molecular flexibility index (Phi) is 5.46. The standard InChI is InChI=1S/C19H28N4O2/c1-21(2)17-8-4-15(5-9-17)14-20-19(25)23-11-3-10-22(12-13-23)18(24)16-6-7-16/h4-5,8-9,16H,3,6-7,10-14H2,1-2H3,(H,20,25). The number of hydrogen-bond acceptors (Lipinski definition) is 3. The third-order valence-corrected chi connectivity index (χ3v) is 4.92. The molecule has 3 amide bonds. The summed E-state index contributed by atoms with van der Waals surface area (Å²) in [5.74, 6) is 0.536. The molecule has 6 heteroatoms. The smallest absolute Gasteiger partial charge is 0.317 e. The molecule has 6 nitrogen and oxygen atoms in total. The summed E-state index contributed by atoms with van der Waals surface area (Å²) in [6, 6.07) is 8.13. The van der Waals surface area contributed by atoms with Gasteiger partial charge in [0.1, 0.15) is 0 Å². The van der Waals surface area contributed by atoms with Gasteiger partial charge in [-0.25, -0.2) is 4.79 Å². The van der Waals surface area contributed by atoms with Gasteiger partial charge in [0.15, 0.2) is 0 Å². The molecule has 1 N–H and O–H groups in total. The van der Waals surface area contributed by atoms with Gasteiger partial charge in [0.25, 0.3) is 0 Å². The van der Waals surface area contributed by atoms with Crippen LogP contribution in [0.15, 0.2) is 24.3 Å². The number of carbonyl (C=O) groups excluding carboxylic acids is 2. The van der Waals surface area contributed by atoms with Crippen molar-refractivity contribution in [3.05, 3.63) is 29.8 Å². The maximum atomic E-state index is 12.4. The number of benzene rings is 1. The summed E-state index contributed by atoms with van der Waals surface area (Å²) in [4.78, 5) is 30.4. The molecule has 0 unspecified atom stereocenters. The lowest BCUT2D eigenvalue weighted by atomic mass is 10.2. The number of nitrogens with zero attached hydrogens (tertiary/aromatic N) is 3. The van der Waals surface area contributed by atoms with Crippen molar-refractivity contribution in [2.75, 3.05) is 45.2 Å². The quantitative estimate of drug-likeness (QED) is 0.908. The minimum absolute atomic E-state index is 0.0441. The summed E-state index contributed by atoms with van der Waals surface area (Å²) in [7, 11) is 4.01. The molecule has 1 saturated heterocycles. The Bertz CT molecular complexity index is 610. The summed E-state index contributed by atoms with van der Waals surface area (Å²) >= 11 is 0. The Labute approximate surface area is 149 Å². The monoisotopic (exact) mass is 344 g/mol. The van der Waals surface area contributed by atoms with E-state index in [4.69, 9.17) is 0 Å². The number of anilines is 1. The van der Waals surface area contributed by atoms with Crippen molar-refractivity contribution >= 4 is 17.6 Å². The highest BCUT2D eigenvalue weighted by atomic mass is 16.2. The van der Waals surface area contributed by atoms with Crippen molar-refractivity contribution in [2.24, 2.45) is 5.92 Å². The topological polar surface area (TPSA) is 55.9 Å². The van der Waals surface area contributed by atoms with E-state index in [-0.39, 0.29) is 17.9 Å². The van der Waals surface area contributed by atoms with Gasteiger partial charge in [-0.2, -0.15) is 0 Å². The Balaban J connectivity index is 1.47. The van der Waals surface area contributed by atoms with Crippen LogP contribution in [0.25, 0.3) is 0 Å². The maximum absolute atomic E-state index is 12.4. The lowest BCUT2D eigenvalue weighted by Crippen LogP contribution is -2.42. The summed E-state index contributed by atoms with van der Waals surface area (Å²) in [5, 5.41) is 2.99. The number of urea groups is 1. The zero-order valence-electron chi connectivity index (χ0n) is 15.2. The molecule has 0 radical (unpaired) electrons. The fourth-order valence-corrected chi connectivity index (χ4v) is 3.13. The first kappa shape index (κ1) is 17.6. The van der Waals surface area contributed by atoms with Gasteiger partial charge in [0.05, 0.1) is 0 Å². The third kappa shape index (κ3) is 4.65. The van der Waals surface area contributed by atoms with Gasteiger partial charge in [-0.05, 0) is 37.0 Å². The van der Waals surface area contributed by atoms with E-state index in [2.05, 4.69) is 17.4 Å². The lowest BCUT2D eigenvalue weighted by molar-refractivity contribution is -0.132. The van der Waals surface area contributed by atoms with E-state index in [1.165, 1.54) is 0 Å². The third-order valence-electron chi connectivity index (χ3n) is 4.92. The average molecular weight is 344 g/mol. The van der Waals surface area contributed by atoms with Gasteiger partial charge in [0.2, 0.25) is 5.91 Å². The molecule has 2 fully saturated rings. The first-order chi connectivity index (χ1) is 12.0. The van der Waals surface area contributed by atoms with Crippen LogP contribution in [-0.4, -0.2) is 62.0 Å². The zero-order chi connectivity index (χ0) is 17.8. The molecule has 1 aliphatic heterocycles. The van der Waals surface area contributed by atoms with Crippen LogP contribution in [-0.2, 0) is 11.3 Å². The van der Waals surface area contributed by atoms with Gasteiger partial charge < -0.3 is 20.0 Å². The van der Waals surface area contributed by atoms with Crippen LogP contribution in [0.2, 0.25) is 0 Å². The Morgan fingerprint density at radius 1 is 1.04 bits per heavy atom. The Hall–Kier alpha value is -2.24. The minimum Gasteiger partial charge on any atom is -0.378 e. The van der Waals surface area contributed by atoms with Crippen LogP contribution in [0.1, 0.15) is 24.8 Å². The molecule has 0 bridgehead atoms. The summed E-state index contributed by atoms with van der Waals surface area (Å²) in [6.45, 7) is 3.27. The molecule has 1 aromatic carbocycles. The van der Waals surface area contributed by atoms with Gasteiger partial charge in [0, 0.05) is 58.4 Å². The zero-order valence-corrected chi connectivity index (χ0v) is 15.2. The number of hydrogen-bond donors (Lipinski definition) is 1. The first-order valence-corrected chi connectivity index (χ1v) is 9.12. The van der Waals surface area contributed by atoms with Crippen molar-refractivity contribution in [1.82, 2.24) is 15.1 Å². The van der Waals surface area contributed by atoms with Crippen LogP contribution in [0.4, 0.5) is 10.5 Å². The Morgan fingerprint density at radius 2 is 1.68 bits per heavy atom. The molecular formula is C19H28N4O2. The normalized spacial score (nSPS) is 17.8. The predicted molar refractivity (Wildman–Crippen MR) is 98.5 cm³/mol. The Morgan fingerprint density at radius 3 is 2.32 bits per heavy atom. The second-order valence-electron chi connectivity index (χ2n) is 7.16. The molecule has 2 aliphatic rings. The van der Waals surface area contributed by atoms with Crippen LogP contribution in [0.3, 0.4) is 0 Å². The van der Waals surface area contributed by atoms with E-state index in [0.29, 0.717) is 26.2 Å². The highest BCUT2D eigenvalue weighted by molar-refractivity contribution is 5.81. The van der Waals surface area contributed by atoms with E-state index in [9.17, 15) is 9.59 Å². The van der Waals surface area contributed by atoms with Crippen molar-refractivity contribution in [1.29, 1.82) is 0 Å². The lowest BCUT2D eigenvalue weighted by Gasteiger charge is -2.22. The van der Waals surface area contributed by atoms with Gasteiger partial charge >= 0.3 is 6.03 Å². The van der Waals surface area contributed by atoms with Crippen molar-refractivity contribution in [3.8, 4) is 0 Å². The first-order valence-electron chi connectivity index (χ1n) is 9.12. The SMILES string of the molecule is CN(C)c1ccc(CNC(=O)N2CCCN(C(=O)C3CC3)CC2)cc1. The predicted octanol–water partition coefficient (Wildman–Crippen LogP) is 1.91. The van der Waals surface area contributed by atoms with Gasteiger partial charge in [-0.3, -0.25) is 4.79 Å². The molecule has 0 aromatic heterocycles. The van der Waals surface area contributed by atoms with E-state index < -0.39 is 0 Å². The molecule has 1 aromatic rings. The van der Waals surface area contributed by atoms with E-state index in [1.807, 2.05) is 40.9 Å². The summed E-state index contributed by atoms with van der Waals surface area (Å²) in [5.41, 5.74) is 2.22. The fourth-order valence-electron chi connectivity index (χ4n) is 3.13. The number of rotatable bonds is 4. The van der Waals surface area contributed by atoms with Gasteiger partial charge in [-0.1, -0.05) is 12.1 Å². The largest absolute Gasteiger partial charge is 0.378 e. The van der Waals surface area contributed by atoms with Crippen molar-refractivity contribution in [3.63, 3.8) is 0 Å². The molecular weight excluding hydrogens is 316 g/mol.